The number of piperidine rings is 1. The van der Waals surface area contributed by atoms with Gasteiger partial charge in [0.15, 0.2) is 6.39 Å². The quantitative estimate of drug-likeness (QED) is 0.823. The van der Waals surface area contributed by atoms with E-state index in [1.165, 1.54) is 6.39 Å². The van der Waals surface area contributed by atoms with E-state index in [4.69, 9.17) is 13.9 Å². The number of hydrogen-bond donors (Lipinski definition) is 0. The fourth-order valence-electron chi connectivity index (χ4n) is 4.77. The Balaban J connectivity index is 1.39. The molecule has 4 rings (SSSR count). The molecule has 1 atom stereocenters. The van der Waals surface area contributed by atoms with Gasteiger partial charge >= 0.3 is 0 Å². The maximum atomic E-state index is 12.6. The lowest BCUT2D eigenvalue weighted by Gasteiger charge is -2.63. The van der Waals surface area contributed by atoms with Gasteiger partial charge in [-0.25, -0.2) is 4.98 Å². The lowest BCUT2D eigenvalue weighted by atomic mass is 9.73. The van der Waals surface area contributed by atoms with Gasteiger partial charge in [0, 0.05) is 46.0 Å². The number of aromatic nitrogens is 1. The monoisotopic (exact) mass is 349 g/mol. The third kappa shape index (κ3) is 2.78. The number of oxazole rings is 1. The molecule has 25 heavy (non-hydrogen) atoms. The third-order valence-electron chi connectivity index (χ3n) is 6.31. The molecule has 3 aliphatic heterocycles. The highest BCUT2D eigenvalue weighted by molar-refractivity contribution is 5.92. The number of carbonyl (C=O) groups excluding carboxylic acids is 1. The van der Waals surface area contributed by atoms with Crippen molar-refractivity contribution in [1.82, 2.24) is 14.8 Å². The molecule has 7 nitrogen and oxygen atoms in total. The summed E-state index contributed by atoms with van der Waals surface area (Å²) in [7, 11) is 1.82. The predicted molar refractivity (Wildman–Crippen MR) is 90.5 cm³/mol. The SMILES string of the molecule is COC1CN(C2CCN(C(=O)c3ocnc3C)CC2)C12CCOCC2. The van der Waals surface area contributed by atoms with Gasteiger partial charge in [-0.3, -0.25) is 9.69 Å². The Morgan fingerprint density at radius 3 is 2.64 bits per heavy atom. The molecule has 138 valence electrons. The lowest BCUT2D eigenvalue weighted by Crippen LogP contribution is -2.75. The minimum Gasteiger partial charge on any atom is -0.438 e. The second-order valence-electron chi connectivity index (χ2n) is 7.38. The highest BCUT2D eigenvalue weighted by atomic mass is 16.5. The average molecular weight is 349 g/mol. The molecule has 0 saturated carbocycles. The summed E-state index contributed by atoms with van der Waals surface area (Å²) in [6.07, 6.45) is 5.74. The van der Waals surface area contributed by atoms with Gasteiger partial charge in [-0.1, -0.05) is 0 Å². The fourth-order valence-corrected chi connectivity index (χ4v) is 4.77. The highest BCUT2D eigenvalue weighted by Crippen LogP contribution is 2.44. The standard InChI is InChI=1S/C18H27N3O4/c1-13-16(25-12-19-13)17(22)20-7-3-14(4-8-20)21-11-15(23-2)18(21)5-9-24-10-6-18/h12,14-15H,3-11H2,1-2H3. The highest BCUT2D eigenvalue weighted by Gasteiger charge is 2.56. The summed E-state index contributed by atoms with van der Waals surface area (Å²) in [5, 5.41) is 0. The summed E-state index contributed by atoms with van der Waals surface area (Å²) in [6.45, 7) is 5.98. The smallest absolute Gasteiger partial charge is 0.291 e. The van der Waals surface area contributed by atoms with Crippen molar-refractivity contribution in [1.29, 1.82) is 0 Å². The maximum Gasteiger partial charge on any atom is 0.291 e. The largest absolute Gasteiger partial charge is 0.438 e. The molecule has 0 N–H and O–H groups in total. The first-order chi connectivity index (χ1) is 12.2. The van der Waals surface area contributed by atoms with Crippen molar-refractivity contribution >= 4 is 5.91 Å². The Kier molecular flexibility index (Phi) is 4.56. The van der Waals surface area contributed by atoms with Gasteiger partial charge < -0.3 is 18.8 Å². The van der Waals surface area contributed by atoms with Gasteiger partial charge in [-0.15, -0.1) is 0 Å². The van der Waals surface area contributed by atoms with E-state index in [2.05, 4.69) is 9.88 Å². The van der Waals surface area contributed by atoms with Crippen LogP contribution < -0.4 is 0 Å². The third-order valence-corrected chi connectivity index (χ3v) is 6.31. The molecular weight excluding hydrogens is 322 g/mol. The first-order valence-corrected chi connectivity index (χ1v) is 9.22. The van der Waals surface area contributed by atoms with E-state index in [1.807, 2.05) is 18.9 Å². The first kappa shape index (κ1) is 17.0. The van der Waals surface area contributed by atoms with E-state index in [0.717, 1.165) is 58.5 Å². The second-order valence-corrected chi connectivity index (χ2v) is 7.38. The van der Waals surface area contributed by atoms with Crippen molar-refractivity contribution in [3.05, 3.63) is 17.8 Å². The zero-order valence-electron chi connectivity index (χ0n) is 15.1. The predicted octanol–water partition coefficient (Wildman–Crippen LogP) is 1.47. The van der Waals surface area contributed by atoms with Gasteiger partial charge in [-0.2, -0.15) is 0 Å². The molecule has 1 spiro atoms. The van der Waals surface area contributed by atoms with E-state index < -0.39 is 0 Å². The number of carbonyl (C=O) groups is 1. The Morgan fingerprint density at radius 2 is 2.04 bits per heavy atom. The van der Waals surface area contributed by atoms with Gasteiger partial charge in [0.05, 0.1) is 17.3 Å². The average Bonchev–Trinajstić information content (AvgIpc) is 3.08. The van der Waals surface area contributed by atoms with Crippen LogP contribution in [0.2, 0.25) is 0 Å². The molecule has 1 unspecified atom stereocenters. The van der Waals surface area contributed by atoms with E-state index in [9.17, 15) is 4.79 Å². The number of methoxy groups -OCH3 is 1. The summed E-state index contributed by atoms with van der Waals surface area (Å²) in [6, 6.07) is 0.518. The Labute approximate surface area is 148 Å². The summed E-state index contributed by atoms with van der Waals surface area (Å²) >= 11 is 0. The van der Waals surface area contributed by atoms with Gasteiger partial charge in [0.1, 0.15) is 0 Å². The molecule has 3 fully saturated rings. The topological polar surface area (TPSA) is 68.0 Å². The summed E-state index contributed by atoms with van der Waals surface area (Å²) in [5.74, 6) is 0.343. The molecule has 1 amide bonds. The van der Waals surface area contributed by atoms with Crippen LogP contribution >= 0.6 is 0 Å². The van der Waals surface area contributed by atoms with Crippen molar-refractivity contribution in [2.24, 2.45) is 0 Å². The van der Waals surface area contributed by atoms with Crippen LogP contribution in [0.15, 0.2) is 10.8 Å². The number of rotatable bonds is 3. The van der Waals surface area contributed by atoms with E-state index >= 15 is 0 Å². The number of amides is 1. The molecule has 1 aromatic rings. The second kappa shape index (κ2) is 6.70. The minimum absolute atomic E-state index is 0.0346. The minimum atomic E-state index is -0.0346. The van der Waals surface area contributed by atoms with Crippen LogP contribution in [0.5, 0.6) is 0 Å². The van der Waals surface area contributed by atoms with Crippen LogP contribution in [-0.2, 0) is 9.47 Å². The zero-order valence-corrected chi connectivity index (χ0v) is 15.1. The molecule has 0 radical (unpaired) electrons. The van der Waals surface area contributed by atoms with Crippen LogP contribution in [0.4, 0.5) is 0 Å². The van der Waals surface area contributed by atoms with Crippen LogP contribution in [0, 0.1) is 6.92 Å². The first-order valence-electron chi connectivity index (χ1n) is 9.22. The van der Waals surface area contributed by atoms with E-state index in [-0.39, 0.29) is 11.4 Å². The van der Waals surface area contributed by atoms with Crippen LogP contribution in [-0.4, -0.2) is 78.3 Å². The molecule has 3 aliphatic rings. The van der Waals surface area contributed by atoms with Gasteiger partial charge in [-0.05, 0) is 32.6 Å². The van der Waals surface area contributed by atoms with E-state index in [0.29, 0.717) is 23.6 Å². The van der Waals surface area contributed by atoms with Crippen molar-refractivity contribution in [2.45, 2.75) is 50.3 Å². The van der Waals surface area contributed by atoms with Crippen LogP contribution in [0.3, 0.4) is 0 Å². The molecule has 3 saturated heterocycles. The molecule has 0 aliphatic carbocycles. The van der Waals surface area contributed by atoms with Gasteiger partial charge in [0.25, 0.3) is 5.91 Å². The van der Waals surface area contributed by atoms with Crippen LogP contribution in [0.1, 0.15) is 41.9 Å². The number of hydrogen-bond acceptors (Lipinski definition) is 6. The van der Waals surface area contributed by atoms with Gasteiger partial charge in [0.2, 0.25) is 5.76 Å². The van der Waals surface area contributed by atoms with Crippen molar-refractivity contribution in [3.63, 3.8) is 0 Å². The molecule has 0 aromatic carbocycles. The number of nitrogens with zero attached hydrogens (tertiary/aromatic N) is 3. The molecular formula is C18H27N3O4. The molecule has 0 bridgehead atoms. The van der Waals surface area contributed by atoms with Crippen molar-refractivity contribution in [2.75, 3.05) is 40.0 Å². The normalized spacial score (nSPS) is 27.4. The number of likely N-dealkylation sites (tertiary alicyclic amines) is 2. The molecule has 4 heterocycles. The summed E-state index contributed by atoms with van der Waals surface area (Å²) < 4.78 is 16.6. The Bertz CT molecular complexity index is 618. The molecule has 7 heteroatoms. The van der Waals surface area contributed by atoms with Crippen molar-refractivity contribution < 1.29 is 18.7 Å². The maximum absolute atomic E-state index is 12.6. The molecule has 1 aromatic heterocycles. The fraction of sp³-hybridized carbons (Fsp3) is 0.778. The van der Waals surface area contributed by atoms with Crippen molar-refractivity contribution in [3.8, 4) is 0 Å². The number of ether oxygens (including phenoxy) is 2. The Hall–Kier alpha value is -1.44. The summed E-state index contributed by atoms with van der Waals surface area (Å²) in [5.41, 5.74) is 0.810. The van der Waals surface area contributed by atoms with Crippen LogP contribution in [0.25, 0.3) is 0 Å². The Morgan fingerprint density at radius 1 is 1.32 bits per heavy atom. The zero-order chi connectivity index (χ0) is 17.4. The lowest BCUT2D eigenvalue weighted by molar-refractivity contribution is -0.207. The summed E-state index contributed by atoms with van der Waals surface area (Å²) in [4.78, 5) is 21.1. The van der Waals surface area contributed by atoms with E-state index in [1.54, 1.807) is 0 Å². The number of aryl methyl sites for hydroxylation is 1.